The second-order valence-electron chi connectivity index (χ2n) is 7.31. The molecule has 0 radical (unpaired) electrons. The van der Waals surface area contributed by atoms with Gasteiger partial charge in [-0.05, 0) is 61.2 Å². The Hall–Kier alpha value is -3.09. The van der Waals surface area contributed by atoms with Gasteiger partial charge in [0.2, 0.25) is 5.91 Å². The Balaban J connectivity index is 1.77. The van der Waals surface area contributed by atoms with E-state index in [1.807, 2.05) is 0 Å². The maximum absolute atomic E-state index is 13.1. The number of nitrogens with one attached hydrogen (secondary N) is 1. The molecule has 0 spiro atoms. The Kier molecular flexibility index (Phi) is 6.29. The molecule has 1 N–H and O–H groups in total. The first kappa shape index (κ1) is 21.6. The van der Waals surface area contributed by atoms with Crippen LogP contribution in [0, 0.1) is 0 Å². The second-order valence-corrected chi connectivity index (χ2v) is 7.31. The molecule has 2 aromatic rings. The Morgan fingerprint density at radius 3 is 2.37 bits per heavy atom. The third kappa shape index (κ3) is 5.09. The van der Waals surface area contributed by atoms with Crippen LogP contribution in [0.5, 0.6) is 0 Å². The molecule has 158 valence electrons. The van der Waals surface area contributed by atoms with Crippen LogP contribution in [0.4, 0.5) is 13.2 Å². The first-order valence-electron chi connectivity index (χ1n) is 9.70. The van der Waals surface area contributed by atoms with Crippen LogP contribution in [0.2, 0.25) is 0 Å². The molecule has 1 atom stereocenters. The van der Waals surface area contributed by atoms with Gasteiger partial charge in [-0.15, -0.1) is 0 Å². The summed E-state index contributed by atoms with van der Waals surface area (Å²) in [5, 5.41) is 2.54. The van der Waals surface area contributed by atoms with Crippen LogP contribution in [0.1, 0.15) is 52.9 Å². The van der Waals surface area contributed by atoms with Crippen molar-refractivity contribution >= 4 is 17.9 Å². The SMILES string of the molecule is CNC(=O)c1ccc(/C=C/C(=O)N(C2CC2)C(C)c2cccc(C(F)(F)F)c2)cc1. The van der Waals surface area contributed by atoms with Crippen molar-refractivity contribution in [3.8, 4) is 0 Å². The van der Waals surface area contributed by atoms with Crippen molar-refractivity contribution in [3.05, 3.63) is 76.9 Å². The highest BCUT2D eigenvalue weighted by Crippen LogP contribution is 2.36. The second kappa shape index (κ2) is 8.73. The lowest BCUT2D eigenvalue weighted by molar-refractivity contribution is -0.137. The molecule has 2 amide bonds. The molecule has 1 unspecified atom stereocenters. The average molecular weight is 416 g/mol. The molecule has 2 aromatic carbocycles. The van der Waals surface area contributed by atoms with E-state index in [0.29, 0.717) is 11.1 Å². The predicted molar refractivity (Wildman–Crippen MR) is 109 cm³/mol. The van der Waals surface area contributed by atoms with E-state index < -0.39 is 17.8 Å². The highest BCUT2D eigenvalue weighted by atomic mass is 19.4. The van der Waals surface area contributed by atoms with Crippen molar-refractivity contribution in [2.24, 2.45) is 0 Å². The largest absolute Gasteiger partial charge is 0.416 e. The van der Waals surface area contributed by atoms with Crippen molar-refractivity contribution in [1.29, 1.82) is 0 Å². The molecule has 0 bridgehead atoms. The normalized spacial score (nSPS) is 15.1. The molecule has 3 rings (SSSR count). The summed E-state index contributed by atoms with van der Waals surface area (Å²) in [6.45, 7) is 1.75. The molecule has 4 nitrogen and oxygen atoms in total. The van der Waals surface area contributed by atoms with Crippen LogP contribution in [0.15, 0.2) is 54.6 Å². The van der Waals surface area contributed by atoms with Crippen LogP contribution in [-0.2, 0) is 11.0 Å². The molecule has 1 saturated carbocycles. The van der Waals surface area contributed by atoms with Gasteiger partial charge in [-0.1, -0.05) is 24.3 Å². The fourth-order valence-corrected chi connectivity index (χ4v) is 3.32. The lowest BCUT2D eigenvalue weighted by Gasteiger charge is -2.29. The first-order chi connectivity index (χ1) is 14.2. The molecule has 7 heteroatoms. The zero-order valence-electron chi connectivity index (χ0n) is 16.7. The van der Waals surface area contributed by atoms with E-state index in [1.165, 1.54) is 12.1 Å². The van der Waals surface area contributed by atoms with Crippen molar-refractivity contribution < 1.29 is 22.8 Å². The van der Waals surface area contributed by atoms with Crippen LogP contribution < -0.4 is 5.32 Å². The van der Waals surface area contributed by atoms with Crippen molar-refractivity contribution in [3.63, 3.8) is 0 Å². The fourth-order valence-electron chi connectivity index (χ4n) is 3.32. The number of carbonyl (C=O) groups is 2. The van der Waals surface area contributed by atoms with E-state index in [2.05, 4.69) is 5.32 Å². The van der Waals surface area contributed by atoms with E-state index >= 15 is 0 Å². The highest BCUT2D eigenvalue weighted by Gasteiger charge is 2.36. The van der Waals surface area contributed by atoms with Gasteiger partial charge in [-0.3, -0.25) is 9.59 Å². The number of carbonyl (C=O) groups excluding carboxylic acids is 2. The Morgan fingerprint density at radius 2 is 1.80 bits per heavy atom. The Bertz CT molecular complexity index is 948. The molecular formula is C23H23F3N2O2. The lowest BCUT2D eigenvalue weighted by Crippen LogP contribution is -2.34. The third-order valence-electron chi connectivity index (χ3n) is 5.13. The van der Waals surface area contributed by atoms with Crippen molar-refractivity contribution in [1.82, 2.24) is 10.2 Å². The number of halogens is 3. The number of alkyl halides is 3. The number of benzene rings is 2. The maximum Gasteiger partial charge on any atom is 0.416 e. The first-order valence-corrected chi connectivity index (χ1v) is 9.70. The average Bonchev–Trinajstić information content (AvgIpc) is 3.56. The van der Waals surface area contributed by atoms with E-state index in [1.54, 1.807) is 55.3 Å². The minimum Gasteiger partial charge on any atom is -0.355 e. The molecule has 1 fully saturated rings. The minimum atomic E-state index is -4.43. The molecule has 1 aliphatic carbocycles. The van der Waals surface area contributed by atoms with Gasteiger partial charge in [0.1, 0.15) is 0 Å². The van der Waals surface area contributed by atoms with Gasteiger partial charge in [0, 0.05) is 24.7 Å². The lowest BCUT2D eigenvalue weighted by atomic mass is 10.0. The Morgan fingerprint density at radius 1 is 1.13 bits per heavy atom. The third-order valence-corrected chi connectivity index (χ3v) is 5.13. The molecule has 0 aromatic heterocycles. The summed E-state index contributed by atoms with van der Waals surface area (Å²) in [7, 11) is 1.55. The van der Waals surface area contributed by atoms with E-state index in [0.717, 1.165) is 30.5 Å². The molecular weight excluding hydrogens is 393 g/mol. The number of amides is 2. The molecule has 0 saturated heterocycles. The van der Waals surface area contributed by atoms with E-state index in [-0.39, 0.29) is 17.9 Å². The van der Waals surface area contributed by atoms with Crippen LogP contribution in [-0.4, -0.2) is 29.8 Å². The summed E-state index contributed by atoms with van der Waals surface area (Å²) in [4.78, 5) is 26.1. The predicted octanol–water partition coefficient (Wildman–Crippen LogP) is 4.83. The smallest absolute Gasteiger partial charge is 0.355 e. The summed E-state index contributed by atoms with van der Waals surface area (Å²) < 4.78 is 39.2. The molecule has 30 heavy (non-hydrogen) atoms. The van der Waals surface area contributed by atoms with Crippen LogP contribution in [0.3, 0.4) is 0 Å². The number of hydrogen-bond acceptors (Lipinski definition) is 2. The van der Waals surface area contributed by atoms with Crippen LogP contribution in [0.25, 0.3) is 6.08 Å². The van der Waals surface area contributed by atoms with Gasteiger partial charge in [-0.25, -0.2) is 0 Å². The number of hydrogen-bond donors (Lipinski definition) is 1. The quantitative estimate of drug-likeness (QED) is 0.686. The van der Waals surface area contributed by atoms with Gasteiger partial charge >= 0.3 is 6.18 Å². The summed E-state index contributed by atoms with van der Waals surface area (Å²) in [6.07, 6.45) is 0.319. The van der Waals surface area contributed by atoms with Gasteiger partial charge in [0.25, 0.3) is 5.91 Å². The van der Waals surface area contributed by atoms with Crippen LogP contribution >= 0.6 is 0 Å². The van der Waals surface area contributed by atoms with Gasteiger partial charge in [0.05, 0.1) is 11.6 Å². The standard InChI is InChI=1S/C23H23F3N2O2/c1-15(18-4-3-5-19(14-18)23(24,25)26)28(20-11-12-20)21(29)13-8-16-6-9-17(10-7-16)22(30)27-2/h3-10,13-15,20H,11-12H2,1-2H3,(H,27,30)/b13-8+. The number of rotatable bonds is 6. The summed E-state index contributed by atoms with van der Waals surface area (Å²) in [5.74, 6) is -0.450. The van der Waals surface area contributed by atoms with Gasteiger partial charge in [0.15, 0.2) is 0 Å². The van der Waals surface area contributed by atoms with E-state index in [4.69, 9.17) is 0 Å². The summed E-state index contributed by atoms with van der Waals surface area (Å²) in [6, 6.07) is 11.4. The van der Waals surface area contributed by atoms with Crippen molar-refractivity contribution in [2.45, 2.75) is 38.0 Å². The topological polar surface area (TPSA) is 49.4 Å². The molecule has 0 aliphatic heterocycles. The molecule has 0 heterocycles. The van der Waals surface area contributed by atoms with Gasteiger partial charge in [-0.2, -0.15) is 13.2 Å². The number of nitrogens with zero attached hydrogens (tertiary/aromatic N) is 1. The maximum atomic E-state index is 13.1. The van der Waals surface area contributed by atoms with Gasteiger partial charge < -0.3 is 10.2 Å². The highest BCUT2D eigenvalue weighted by molar-refractivity contribution is 5.95. The summed E-state index contributed by atoms with van der Waals surface area (Å²) >= 11 is 0. The zero-order valence-corrected chi connectivity index (χ0v) is 16.7. The van der Waals surface area contributed by atoms with Crippen molar-refractivity contribution in [2.75, 3.05) is 7.05 Å². The monoisotopic (exact) mass is 416 g/mol. The van der Waals surface area contributed by atoms with E-state index in [9.17, 15) is 22.8 Å². The zero-order chi connectivity index (χ0) is 21.9. The molecule has 1 aliphatic rings. The fraction of sp³-hybridized carbons (Fsp3) is 0.304. The Labute approximate surface area is 173 Å². The minimum absolute atomic E-state index is 0.0299. The summed E-state index contributed by atoms with van der Waals surface area (Å²) in [5.41, 5.74) is 0.993.